The van der Waals surface area contributed by atoms with E-state index in [0.717, 1.165) is 37.1 Å². The van der Waals surface area contributed by atoms with Crippen molar-refractivity contribution in [3.8, 4) is 11.5 Å². The van der Waals surface area contributed by atoms with Crippen LogP contribution in [0.25, 0.3) is 10.6 Å². The molecule has 0 spiro atoms. The molecule has 0 saturated carbocycles. The molecule has 7 heteroatoms. The summed E-state index contributed by atoms with van der Waals surface area (Å²) in [6, 6.07) is 16.2. The average molecular weight is 521 g/mol. The number of phenols is 2. The number of aliphatic imine (C=N–C) groups is 2. The zero-order chi connectivity index (χ0) is 24.2. The van der Waals surface area contributed by atoms with Crippen molar-refractivity contribution in [2.24, 2.45) is 9.98 Å². The van der Waals surface area contributed by atoms with Gasteiger partial charge in [-0.2, -0.15) is 0 Å². The topological polar surface area (TPSA) is 93.4 Å². The quantitative estimate of drug-likeness (QED) is 0.348. The molecule has 2 aromatic rings. The van der Waals surface area contributed by atoms with E-state index in [1.165, 1.54) is 25.7 Å². The van der Waals surface area contributed by atoms with E-state index in [-0.39, 0.29) is 28.0 Å². The van der Waals surface area contributed by atoms with Crippen LogP contribution < -0.4 is 0 Å². The van der Waals surface area contributed by atoms with Gasteiger partial charge in [0.15, 0.2) is 0 Å². The maximum Gasteiger partial charge on any atom is 2.00 e. The van der Waals surface area contributed by atoms with Gasteiger partial charge in [0.25, 0.3) is 0 Å². The number of hydrogen-bond acceptors (Lipinski definition) is 4. The molecule has 0 amide bonds. The molecule has 6 nitrogen and oxygen atoms in total. The van der Waals surface area contributed by atoms with E-state index in [1.54, 1.807) is 24.6 Å². The molecule has 2 aliphatic heterocycles. The SMILES string of the molecule is CC1CCCC(CN=Cc2ccccc2O)[N-]1.CC1CCCC(CN=Cc2ccccc2O)[N-]1.[Ni+2]. The number of aromatic hydroxyl groups is 2. The molecule has 0 radical (unpaired) electrons. The molecule has 0 aromatic heterocycles. The molecule has 2 N–H and O–H groups in total. The zero-order valence-electron chi connectivity index (χ0n) is 20.7. The Morgan fingerprint density at radius 2 is 1.11 bits per heavy atom. The number of nitrogens with zero attached hydrogens (tertiary/aromatic N) is 4. The molecule has 2 saturated heterocycles. The van der Waals surface area contributed by atoms with E-state index in [2.05, 4.69) is 34.5 Å². The van der Waals surface area contributed by atoms with Crippen molar-refractivity contribution in [1.29, 1.82) is 0 Å². The molecule has 35 heavy (non-hydrogen) atoms. The standard InChI is InChI=1S/2C14H19N2O.Ni/c2*1-11-5-4-7-13(16-11)10-15-9-12-6-2-3-8-14(12)17;/h2*2-3,6,8-9,11,13,17H,4-5,7,10H2,1H3;/q2*-1;+2. The van der Waals surface area contributed by atoms with Crippen LogP contribution in [0.15, 0.2) is 58.5 Å². The summed E-state index contributed by atoms with van der Waals surface area (Å²) in [6.45, 7) is 5.80. The molecule has 0 bridgehead atoms. The summed E-state index contributed by atoms with van der Waals surface area (Å²) in [6.07, 6.45) is 10.7. The van der Waals surface area contributed by atoms with E-state index in [9.17, 15) is 10.2 Å². The summed E-state index contributed by atoms with van der Waals surface area (Å²) in [5, 5.41) is 28.5. The van der Waals surface area contributed by atoms with E-state index in [0.29, 0.717) is 24.2 Å². The number of phenolic OH excluding ortho intramolecular Hbond substituents is 2. The van der Waals surface area contributed by atoms with E-state index >= 15 is 0 Å². The maximum atomic E-state index is 9.57. The molecule has 4 unspecified atom stereocenters. The molecule has 4 rings (SSSR count). The monoisotopic (exact) mass is 520 g/mol. The van der Waals surface area contributed by atoms with Crippen molar-refractivity contribution >= 4 is 12.4 Å². The van der Waals surface area contributed by atoms with Gasteiger partial charge < -0.3 is 20.8 Å². The van der Waals surface area contributed by atoms with Crippen LogP contribution in [0.4, 0.5) is 0 Å². The smallest absolute Gasteiger partial charge is 0.655 e. The Balaban J connectivity index is 0.000000240. The summed E-state index contributed by atoms with van der Waals surface area (Å²) in [5.74, 6) is 0.565. The molecule has 2 aromatic carbocycles. The third-order valence-corrected chi connectivity index (χ3v) is 6.22. The molecule has 192 valence electrons. The van der Waals surface area contributed by atoms with Crippen LogP contribution in [0, 0.1) is 0 Å². The molecule has 0 aliphatic carbocycles. The normalized spacial score (nSPS) is 24.5. The number of para-hydroxylation sites is 2. The second-order valence-electron chi connectivity index (χ2n) is 9.27. The Labute approximate surface area is 220 Å². The largest absolute Gasteiger partial charge is 2.00 e. The summed E-state index contributed by atoms with van der Waals surface area (Å²) in [4.78, 5) is 8.76. The maximum absolute atomic E-state index is 9.57. The minimum atomic E-state index is 0. The molecule has 2 fully saturated rings. The second-order valence-corrected chi connectivity index (χ2v) is 9.27. The Morgan fingerprint density at radius 1 is 0.714 bits per heavy atom. The number of piperidine rings is 2. The fourth-order valence-electron chi connectivity index (χ4n) is 4.33. The first kappa shape index (κ1) is 29.0. The fourth-order valence-corrected chi connectivity index (χ4v) is 4.33. The van der Waals surface area contributed by atoms with Crippen LogP contribution in [0.2, 0.25) is 0 Å². The minimum Gasteiger partial charge on any atom is -0.655 e. The van der Waals surface area contributed by atoms with Gasteiger partial charge in [0.2, 0.25) is 0 Å². The van der Waals surface area contributed by atoms with Crippen molar-refractivity contribution in [1.82, 2.24) is 0 Å². The van der Waals surface area contributed by atoms with Gasteiger partial charge in [-0.3, -0.25) is 9.98 Å². The zero-order valence-corrected chi connectivity index (χ0v) is 21.7. The van der Waals surface area contributed by atoms with E-state index in [1.807, 2.05) is 36.4 Å². The predicted octanol–water partition coefficient (Wildman–Crippen LogP) is 6.25. The number of benzene rings is 2. The van der Waals surface area contributed by atoms with Crippen LogP contribution >= 0.6 is 0 Å². The Bertz CT molecular complexity index is 861. The second kappa shape index (κ2) is 15.7. The summed E-state index contributed by atoms with van der Waals surface area (Å²) < 4.78 is 0. The first-order valence-corrected chi connectivity index (χ1v) is 12.5. The van der Waals surface area contributed by atoms with E-state index in [4.69, 9.17) is 0 Å². The van der Waals surface area contributed by atoms with Gasteiger partial charge in [-0.15, -0.1) is 24.2 Å². The summed E-state index contributed by atoms with van der Waals surface area (Å²) in [7, 11) is 0. The summed E-state index contributed by atoms with van der Waals surface area (Å²) >= 11 is 0. The van der Waals surface area contributed by atoms with Crippen molar-refractivity contribution in [2.75, 3.05) is 13.1 Å². The first-order valence-electron chi connectivity index (χ1n) is 12.5. The molecular formula is C28H38N4NiO2. The Morgan fingerprint density at radius 3 is 1.49 bits per heavy atom. The van der Waals surface area contributed by atoms with Crippen molar-refractivity contribution in [2.45, 2.75) is 76.5 Å². The fraction of sp³-hybridized carbons (Fsp3) is 0.500. The van der Waals surface area contributed by atoms with Gasteiger partial charge in [0.05, 0.1) is 0 Å². The third kappa shape index (κ3) is 10.5. The van der Waals surface area contributed by atoms with Crippen LogP contribution in [0.3, 0.4) is 0 Å². The van der Waals surface area contributed by atoms with Gasteiger partial charge in [-0.1, -0.05) is 76.6 Å². The van der Waals surface area contributed by atoms with Crippen LogP contribution in [-0.2, 0) is 16.5 Å². The summed E-state index contributed by atoms with van der Waals surface area (Å²) in [5.41, 5.74) is 1.55. The van der Waals surface area contributed by atoms with E-state index < -0.39 is 0 Å². The van der Waals surface area contributed by atoms with Gasteiger partial charge in [-0.05, 0) is 24.3 Å². The molecule has 2 heterocycles. The molecule has 2 aliphatic rings. The average Bonchev–Trinajstić information content (AvgIpc) is 2.82. The number of rotatable bonds is 6. The van der Waals surface area contributed by atoms with Crippen molar-refractivity contribution in [3.63, 3.8) is 0 Å². The van der Waals surface area contributed by atoms with Crippen LogP contribution in [-0.4, -0.2) is 59.9 Å². The van der Waals surface area contributed by atoms with Crippen LogP contribution in [0.5, 0.6) is 11.5 Å². The minimum absolute atomic E-state index is 0. The Hall–Kier alpha value is -2.21. The van der Waals surface area contributed by atoms with Crippen LogP contribution in [0.1, 0.15) is 63.5 Å². The Kier molecular flexibility index (Phi) is 13.0. The number of hydrogen-bond donors (Lipinski definition) is 2. The predicted molar refractivity (Wildman–Crippen MR) is 142 cm³/mol. The van der Waals surface area contributed by atoms with Crippen molar-refractivity contribution < 1.29 is 26.7 Å². The van der Waals surface area contributed by atoms with Gasteiger partial charge >= 0.3 is 16.5 Å². The third-order valence-electron chi connectivity index (χ3n) is 6.22. The van der Waals surface area contributed by atoms with Crippen molar-refractivity contribution in [3.05, 3.63) is 70.3 Å². The van der Waals surface area contributed by atoms with Gasteiger partial charge in [0, 0.05) is 36.6 Å². The molecule has 4 atom stereocenters. The molecular weight excluding hydrogens is 483 g/mol. The van der Waals surface area contributed by atoms with Gasteiger partial charge in [0.1, 0.15) is 11.5 Å². The first-order chi connectivity index (χ1) is 16.5. The van der Waals surface area contributed by atoms with Gasteiger partial charge in [-0.25, -0.2) is 0 Å².